The van der Waals surface area contributed by atoms with E-state index in [0.29, 0.717) is 29.5 Å². The van der Waals surface area contributed by atoms with E-state index in [4.69, 9.17) is 11.6 Å². The molecule has 39 heavy (non-hydrogen) atoms. The number of carbonyl (C=O) groups is 3. The van der Waals surface area contributed by atoms with Crippen molar-refractivity contribution < 1.29 is 14.4 Å². The van der Waals surface area contributed by atoms with E-state index in [1.807, 2.05) is 74.5 Å². The van der Waals surface area contributed by atoms with Crippen molar-refractivity contribution in [2.75, 3.05) is 24.5 Å². The van der Waals surface area contributed by atoms with Crippen LogP contribution in [-0.2, 0) is 9.59 Å². The first-order valence-corrected chi connectivity index (χ1v) is 14.1. The molecule has 3 amide bonds. The first-order valence-electron chi connectivity index (χ1n) is 12.9. The number of fused-ring (bicyclic) bond motifs is 2. The molecule has 0 saturated carbocycles. The third-order valence-electron chi connectivity index (χ3n) is 6.90. The fraction of sp³-hybridized carbons (Fsp3) is 0.233. The molecule has 2 N–H and O–H groups in total. The van der Waals surface area contributed by atoms with Crippen molar-refractivity contribution in [1.82, 2.24) is 15.2 Å². The number of rotatable bonds is 7. The minimum absolute atomic E-state index is 0.143. The van der Waals surface area contributed by atoms with Crippen molar-refractivity contribution in [1.29, 1.82) is 0 Å². The summed E-state index contributed by atoms with van der Waals surface area (Å²) in [6.07, 6.45) is 0. The number of benzene rings is 3. The average Bonchev–Trinajstić information content (AvgIpc) is 3.35. The van der Waals surface area contributed by atoms with Crippen molar-refractivity contribution in [3.05, 3.63) is 95.1 Å². The Hall–Kier alpha value is -3.75. The lowest BCUT2D eigenvalue weighted by Gasteiger charge is -2.30. The Morgan fingerprint density at radius 2 is 1.72 bits per heavy atom. The van der Waals surface area contributed by atoms with E-state index in [2.05, 4.69) is 10.3 Å². The van der Waals surface area contributed by atoms with E-state index in [1.165, 1.54) is 16.7 Å². The predicted molar refractivity (Wildman–Crippen MR) is 156 cm³/mol. The number of thioether (sulfide) groups is 1. The highest BCUT2D eigenvalue weighted by molar-refractivity contribution is 7.99. The molecule has 0 saturated heterocycles. The molecule has 2 atom stereocenters. The highest BCUT2D eigenvalue weighted by Crippen LogP contribution is 2.46. The molecule has 1 aliphatic rings. The number of hydrogen-bond acceptors (Lipinski definition) is 4. The second-order valence-corrected chi connectivity index (χ2v) is 10.9. The number of likely N-dealkylation sites (N-methyl/N-ethyl adjacent to an activating group) is 1. The molecular formula is C30H29ClN4O3S. The molecule has 3 aromatic carbocycles. The van der Waals surface area contributed by atoms with Gasteiger partial charge in [0.15, 0.2) is 0 Å². The van der Waals surface area contributed by atoms with E-state index in [0.717, 1.165) is 21.4 Å². The molecule has 0 radical (unpaired) electrons. The van der Waals surface area contributed by atoms with Gasteiger partial charge in [-0.25, -0.2) is 0 Å². The third-order valence-corrected chi connectivity index (χ3v) is 8.51. The maximum absolute atomic E-state index is 14.3. The first kappa shape index (κ1) is 26.8. The number of nitrogens with zero attached hydrogens (tertiary/aromatic N) is 2. The van der Waals surface area contributed by atoms with E-state index in [1.54, 1.807) is 23.1 Å². The van der Waals surface area contributed by atoms with Crippen LogP contribution in [0.4, 0.5) is 5.69 Å². The smallest absolute Gasteiger partial charge is 0.268 e. The van der Waals surface area contributed by atoms with Gasteiger partial charge in [-0.3, -0.25) is 14.4 Å². The van der Waals surface area contributed by atoms with Crippen molar-refractivity contribution in [3.63, 3.8) is 0 Å². The van der Waals surface area contributed by atoms with Crippen LogP contribution in [0.2, 0.25) is 5.02 Å². The Labute approximate surface area is 236 Å². The third kappa shape index (κ3) is 5.53. The van der Waals surface area contributed by atoms with Crippen LogP contribution in [0, 0.1) is 0 Å². The second-order valence-electron chi connectivity index (χ2n) is 9.27. The number of nitrogens with one attached hydrogen (secondary N) is 2. The summed E-state index contributed by atoms with van der Waals surface area (Å²) in [6, 6.07) is 23.3. The van der Waals surface area contributed by atoms with Gasteiger partial charge < -0.3 is 20.1 Å². The molecule has 1 aliphatic heterocycles. The van der Waals surface area contributed by atoms with Crippen LogP contribution in [0.25, 0.3) is 10.9 Å². The standard InChI is InChI=1S/C30H29ClN4O3S/c1-3-34(4-2)26(36)18-35-24-15-14-21(31)17-25(24)39-28(19-10-6-5-7-11-19)27(30(35)38)33-29(37)23-16-20-12-8-9-13-22(20)32-23/h5-17,27-28,32H,3-4,18H2,1-2H3,(H,33,37)/t27-,28+/m0/s1. The highest BCUT2D eigenvalue weighted by atomic mass is 35.5. The van der Waals surface area contributed by atoms with Gasteiger partial charge in [-0.05, 0) is 49.7 Å². The molecule has 4 aromatic rings. The molecule has 0 fully saturated rings. The maximum Gasteiger partial charge on any atom is 0.268 e. The summed E-state index contributed by atoms with van der Waals surface area (Å²) >= 11 is 7.84. The summed E-state index contributed by atoms with van der Waals surface area (Å²) in [5.41, 5.74) is 2.66. The van der Waals surface area contributed by atoms with Gasteiger partial charge in [-0.15, -0.1) is 11.8 Å². The fourth-order valence-electron chi connectivity index (χ4n) is 4.86. The lowest BCUT2D eigenvalue weighted by Crippen LogP contribution is -2.53. The topological polar surface area (TPSA) is 85.5 Å². The molecule has 5 rings (SSSR count). The van der Waals surface area contributed by atoms with E-state index < -0.39 is 17.2 Å². The molecule has 0 aliphatic carbocycles. The van der Waals surface area contributed by atoms with Gasteiger partial charge in [0.25, 0.3) is 11.8 Å². The molecule has 0 bridgehead atoms. The molecule has 2 heterocycles. The van der Waals surface area contributed by atoms with E-state index >= 15 is 0 Å². The van der Waals surface area contributed by atoms with Crippen molar-refractivity contribution >= 4 is 57.7 Å². The first-order chi connectivity index (χ1) is 18.9. The van der Waals surface area contributed by atoms with E-state index in [-0.39, 0.29) is 18.4 Å². The largest absolute Gasteiger partial charge is 0.351 e. The van der Waals surface area contributed by atoms with Crippen molar-refractivity contribution in [2.45, 2.75) is 30.0 Å². The monoisotopic (exact) mass is 560 g/mol. The lowest BCUT2D eigenvalue weighted by atomic mass is 10.0. The minimum Gasteiger partial charge on any atom is -0.351 e. The molecule has 0 spiro atoms. The van der Waals surface area contributed by atoms with Crippen LogP contribution < -0.4 is 10.2 Å². The Bertz CT molecular complexity index is 1490. The van der Waals surface area contributed by atoms with Crippen molar-refractivity contribution in [2.24, 2.45) is 0 Å². The summed E-state index contributed by atoms with van der Waals surface area (Å²) in [6.45, 7) is 4.74. The number of aromatic nitrogens is 1. The Morgan fingerprint density at radius 1 is 1.00 bits per heavy atom. The summed E-state index contributed by atoms with van der Waals surface area (Å²) < 4.78 is 0. The maximum atomic E-state index is 14.3. The Balaban J connectivity index is 1.57. The van der Waals surface area contributed by atoms with Crippen LogP contribution in [0.15, 0.2) is 83.8 Å². The molecule has 1 aromatic heterocycles. The van der Waals surface area contributed by atoms with Gasteiger partial charge in [0, 0.05) is 33.9 Å². The molecular weight excluding hydrogens is 532 g/mol. The SMILES string of the molecule is CCN(CC)C(=O)CN1C(=O)[C@@H](NC(=O)c2cc3ccccc3[nH]2)[C@@H](c2ccccc2)Sc2cc(Cl)ccc21. The number of hydrogen-bond donors (Lipinski definition) is 2. The number of aromatic amines is 1. The second kappa shape index (κ2) is 11.6. The Morgan fingerprint density at radius 3 is 2.44 bits per heavy atom. The molecule has 7 nitrogen and oxygen atoms in total. The van der Waals surface area contributed by atoms with Crippen molar-refractivity contribution in [3.8, 4) is 0 Å². The van der Waals surface area contributed by atoms with E-state index in [9.17, 15) is 14.4 Å². The van der Waals surface area contributed by atoms with Gasteiger partial charge >= 0.3 is 0 Å². The molecule has 0 unspecified atom stereocenters. The number of para-hydroxylation sites is 1. The number of anilines is 1. The van der Waals surface area contributed by atoms with Crippen LogP contribution in [0.5, 0.6) is 0 Å². The normalized spacial score (nSPS) is 17.0. The summed E-state index contributed by atoms with van der Waals surface area (Å²) in [7, 11) is 0. The lowest BCUT2D eigenvalue weighted by molar-refractivity contribution is -0.131. The minimum atomic E-state index is -0.952. The van der Waals surface area contributed by atoms with Crippen LogP contribution in [0.3, 0.4) is 0 Å². The van der Waals surface area contributed by atoms with Gasteiger partial charge in [0.05, 0.1) is 10.9 Å². The van der Waals surface area contributed by atoms with Gasteiger partial charge in [0.1, 0.15) is 18.3 Å². The zero-order valence-electron chi connectivity index (χ0n) is 21.7. The summed E-state index contributed by atoms with van der Waals surface area (Å²) in [4.78, 5) is 48.2. The highest BCUT2D eigenvalue weighted by Gasteiger charge is 2.40. The van der Waals surface area contributed by atoms with Crippen LogP contribution >= 0.6 is 23.4 Å². The Kier molecular flexibility index (Phi) is 7.95. The number of halogens is 1. The zero-order valence-corrected chi connectivity index (χ0v) is 23.3. The number of H-pyrrole nitrogens is 1. The average molecular weight is 561 g/mol. The number of carbonyl (C=O) groups excluding carboxylic acids is 3. The number of amides is 3. The zero-order chi connectivity index (χ0) is 27.5. The van der Waals surface area contributed by atoms with Gasteiger partial charge in [-0.1, -0.05) is 60.1 Å². The van der Waals surface area contributed by atoms with Crippen LogP contribution in [-0.4, -0.2) is 53.3 Å². The summed E-state index contributed by atoms with van der Waals surface area (Å²) in [5, 5.41) is 3.97. The molecule has 9 heteroatoms. The van der Waals surface area contributed by atoms with Gasteiger partial charge in [-0.2, -0.15) is 0 Å². The van der Waals surface area contributed by atoms with Crippen LogP contribution in [0.1, 0.15) is 35.1 Å². The molecule has 200 valence electrons. The van der Waals surface area contributed by atoms with Gasteiger partial charge in [0.2, 0.25) is 5.91 Å². The predicted octanol–water partition coefficient (Wildman–Crippen LogP) is 5.67. The fourth-order valence-corrected chi connectivity index (χ4v) is 6.47. The quantitative estimate of drug-likeness (QED) is 0.305. The summed E-state index contributed by atoms with van der Waals surface area (Å²) in [5.74, 6) is -0.925.